The van der Waals surface area contributed by atoms with Crippen LogP contribution in [0.1, 0.15) is 55.4 Å². The first-order chi connectivity index (χ1) is 12.2. The molecule has 4 rings (SSSR count). The molecule has 1 aromatic carbocycles. The molecule has 0 saturated heterocycles. The number of carbonyl (C=O) groups is 1. The Labute approximate surface area is 146 Å². The fourth-order valence-electron chi connectivity index (χ4n) is 3.68. The molecule has 6 heteroatoms. The molecule has 3 aromatic rings. The molecular weight excluding hydrogens is 316 g/mol. The smallest absolute Gasteiger partial charge is 0.344 e. The number of carbonyl (C=O) groups excluding carboxylic acids is 1. The molecule has 2 N–H and O–H groups in total. The Kier molecular flexibility index (Phi) is 4.03. The van der Waals surface area contributed by atoms with Gasteiger partial charge in [0.15, 0.2) is 5.65 Å². The average molecular weight is 338 g/mol. The van der Waals surface area contributed by atoms with Gasteiger partial charge in [0.2, 0.25) is 0 Å². The number of nitrogens with two attached hydrogens (primary N) is 1. The Morgan fingerprint density at radius 2 is 1.92 bits per heavy atom. The van der Waals surface area contributed by atoms with Crippen LogP contribution in [0.4, 0.5) is 5.82 Å². The lowest BCUT2D eigenvalue weighted by Gasteiger charge is -2.15. The van der Waals surface area contributed by atoms with E-state index in [-0.39, 0.29) is 6.04 Å². The van der Waals surface area contributed by atoms with Gasteiger partial charge in [0, 0.05) is 6.04 Å². The van der Waals surface area contributed by atoms with Gasteiger partial charge in [0.1, 0.15) is 16.9 Å². The van der Waals surface area contributed by atoms with Gasteiger partial charge in [-0.05, 0) is 31.4 Å². The van der Waals surface area contributed by atoms with Crippen LogP contribution in [0.25, 0.3) is 22.2 Å². The molecule has 130 valence electrons. The van der Waals surface area contributed by atoms with Gasteiger partial charge in [-0.15, -0.1) is 0 Å². The quantitative estimate of drug-likeness (QED) is 0.731. The number of para-hydroxylation sites is 2. The first-order valence-electron chi connectivity index (χ1n) is 8.94. The number of hydrogen-bond donors (Lipinski definition) is 1. The monoisotopic (exact) mass is 338 g/mol. The minimum absolute atomic E-state index is 0.269. The van der Waals surface area contributed by atoms with E-state index < -0.39 is 5.97 Å². The molecule has 0 amide bonds. The van der Waals surface area contributed by atoms with E-state index >= 15 is 0 Å². The predicted octanol–water partition coefficient (Wildman–Crippen LogP) is 3.85. The highest BCUT2D eigenvalue weighted by Crippen LogP contribution is 2.38. The van der Waals surface area contributed by atoms with Gasteiger partial charge in [-0.2, -0.15) is 0 Å². The maximum absolute atomic E-state index is 12.6. The van der Waals surface area contributed by atoms with Gasteiger partial charge in [0.25, 0.3) is 0 Å². The van der Waals surface area contributed by atoms with E-state index in [1.54, 1.807) is 0 Å². The summed E-state index contributed by atoms with van der Waals surface area (Å²) in [6.07, 6.45) is 5.19. The zero-order valence-electron chi connectivity index (χ0n) is 14.4. The average Bonchev–Trinajstić information content (AvgIpc) is 3.23. The van der Waals surface area contributed by atoms with Crippen LogP contribution in [-0.2, 0) is 4.74 Å². The molecule has 1 fully saturated rings. The maximum atomic E-state index is 12.6. The minimum Gasteiger partial charge on any atom is -0.462 e. The number of nitrogen functional groups attached to an aromatic ring is 1. The van der Waals surface area contributed by atoms with Crippen molar-refractivity contribution in [1.82, 2.24) is 14.5 Å². The van der Waals surface area contributed by atoms with Crippen molar-refractivity contribution in [2.45, 2.75) is 45.1 Å². The summed E-state index contributed by atoms with van der Waals surface area (Å²) < 4.78 is 7.36. The lowest BCUT2D eigenvalue weighted by atomic mass is 10.2. The molecule has 0 atom stereocenters. The van der Waals surface area contributed by atoms with Crippen LogP contribution in [0.15, 0.2) is 24.3 Å². The molecule has 0 bridgehead atoms. The Balaban J connectivity index is 1.97. The van der Waals surface area contributed by atoms with E-state index in [1.807, 2.05) is 35.8 Å². The van der Waals surface area contributed by atoms with Crippen molar-refractivity contribution in [3.8, 4) is 0 Å². The summed E-state index contributed by atoms with van der Waals surface area (Å²) in [5.41, 5.74) is 9.56. The van der Waals surface area contributed by atoms with Gasteiger partial charge >= 0.3 is 5.97 Å². The topological polar surface area (TPSA) is 83.0 Å². The number of ether oxygens (including phenoxy) is 1. The first kappa shape index (κ1) is 15.9. The van der Waals surface area contributed by atoms with Crippen molar-refractivity contribution in [3.63, 3.8) is 0 Å². The molecule has 2 heterocycles. The molecular formula is C19H22N4O2. The molecule has 0 aliphatic heterocycles. The summed E-state index contributed by atoms with van der Waals surface area (Å²) in [5.74, 6) is 0.0176. The van der Waals surface area contributed by atoms with Crippen LogP contribution >= 0.6 is 0 Å². The minimum atomic E-state index is -0.411. The van der Waals surface area contributed by atoms with Crippen LogP contribution in [0.3, 0.4) is 0 Å². The fourth-order valence-corrected chi connectivity index (χ4v) is 3.68. The summed E-state index contributed by atoms with van der Waals surface area (Å²) in [6.45, 7) is 2.33. The summed E-state index contributed by atoms with van der Waals surface area (Å²) in [7, 11) is 0. The lowest BCUT2D eigenvalue weighted by Crippen LogP contribution is -2.12. The summed E-state index contributed by atoms with van der Waals surface area (Å²) in [6, 6.07) is 7.94. The Hall–Kier alpha value is -2.63. The third-order valence-corrected chi connectivity index (χ3v) is 4.86. The van der Waals surface area contributed by atoms with Crippen LogP contribution in [-0.4, -0.2) is 27.1 Å². The number of anilines is 1. The number of nitrogens with zero attached hydrogens (tertiary/aromatic N) is 3. The molecule has 1 aliphatic carbocycles. The van der Waals surface area contributed by atoms with E-state index in [9.17, 15) is 4.79 Å². The number of esters is 1. The molecule has 0 spiro atoms. The van der Waals surface area contributed by atoms with Gasteiger partial charge in [-0.25, -0.2) is 14.8 Å². The second-order valence-electron chi connectivity index (χ2n) is 6.59. The second-order valence-corrected chi connectivity index (χ2v) is 6.59. The third-order valence-electron chi connectivity index (χ3n) is 4.86. The molecule has 0 radical (unpaired) electrons. The molecule has 1 saturated carbocycles. The van der Waals surface area contributed by atoms with Crippen molar-refractivity contribution < 1.29 is 9.53 Å². The van der Waals surface area contributed by atoms with Crippen LogP contribution in [0.2, 0.25) is 0 Å². The number of rotatable bonds is 4. The van der Waals surface area contributed by atoms with Crippen LogP contribution < -0.4 is 5.73 Å². The second kappa shape index (κ2) is 6.35. The van der Waals surface area contributed by atoms with Gasteiger partial charge in [-0.3, -0.25) is 0 Å². The van der Waals surface area contributed by atoms with Crippen molar-refractivity contribution in [2.24, 2.45) is 0 Å². The Bertz CT molecular complexity index is 941. The molecule has 0 unspecified atom stereocenters. The van der Waals surface area contributed by atoms with Gasteiger partial charge in [0.05, 0.1) is 17.6 Å². The van der Waals surface area contributed by atoms with E-state index in [0.29, 0.717) is 29.2 Å². The number of hydrogen-bond acceptors (Lipinski definition) is 5. The third kappa shape index (κ3) is 2.62. The predicted molar refractivity (Wildman–Crippen MR) is 97.5 cm³/mol. The standard InChI is InChI=1S/C19H22N4O2/c1-2-11-25-19(24)15-16-18(22-14-10-6-5-9-13(14)21-16)23(17(15)20)12-7-3-4-8-12/h5-6,9-10,12H,2-4,7-8,11,20H2,1H3. The first-order valence-corrected chi connectivity index (χ1v) is 8.94. The fraction of sp³-hybridized carbons (Fsp3) is 0.421. The zero-order chi connectivity index (χ0) is 17.4. The lowest BCUT2D eigenvalue weighted by molar-refractivity contribution is 0.0508. The zero-order valence-corrected chi connectivity index (χ0v) is 14.4. The van der Waals surface area contributed by atoms with E-state index in [1.165, 1.54) is 12.8 Å². The Morgan fingerprint density at radius 1 is 1.24 bits per heavy atom. The summed E-state index contributed by atoms with van der Waals surface area (Å²) in [5, 5.41) is 0. The van der Waals surface area contributed by atoms with E-state index in [0.717, 1.165) is 30.3 Å². The number of fused-ring (bicyclic) bond motifs is 2. The molecule has 25 heavy (non-hydrogen) atoms. The maximum Gasteiger partial charge on any atom is 0.344 e. The normalized spacial score (nSPS) is 15.2. The van der Waals surface area contributed by atoms with Crippen LogP contribution in [0, 0.1) is 0 Å². The highest BCUT2D eigenvalue weighted by Gasteiger charge is 2.29. The van der Waals surface area contributed by atoms with E-state index in [2.05, 4.69) is 0 Å². The summed E-state index contributed by atoms with van der Waals surface area (Å²) in [4.78, 5) is 22.1. The van der Waals surface area contributed by atoms with Crippen molar-refractivity contribution >= 4 is 34.0 Å². The number of aromatic nitrogens is 3. The van der Waals surface area contributed by atoms with E-state index in [4.69, 9.17) is 20.4 Å². The summed E-state index contributed by atoms with van der Waals surface area (Å²) >= 11 is 0. The number of benzene rings is 1. The SMILES string of the molecule is CCCOC(=O)c1c(N)n(C2CCCC2)c2nc3ccccc3nc12. The van der Waals surface area contributed by atoms with Gasteiger partial charge < -0.3 is 15.0 Å². The molecule has 6 nitrogen and oxygen atoms in total. The van der Waals surface area contributed by atoms with Crippen molar-refractivity contribution in [2.75, 3.05) is 12.3 Å². The van der Waals surface area contributed by atoms with Crippen LogP contribution in [0.5, 0.6) is 0 Å². The highest BCUT2D eigenvalue weighted by molar-refractivity contribution is 6.08. The van der Waals surface area contributed by atoms with Crippen molar-refractivity contribution in [1.29, 1.82) is 0 Å². The van der Waals surface area contributed by atoms with Gasteiger partial charge in [-0.1, -0.05) is 31.9 Å². The molecule has 2 aromatic heterocycles. The molecule has 1 aliphatic rings. The largest absolute Gasteiger partial charge is 0.462 e. The highest BCUT2D eigenvalue weighted by atomic mass is 16.5. The Morgan fingerprint density at radius 3 is 2.60 bits per heavy atom. The van der Waals surface area contributed by atoms with Crippen molar-refractivity contribution in [3.05, 3.63) is 29.8 Å².